The summed E-state index contributed by atoms with van der Waals surface area (Å²) in [6, 6.07) is 14.5. The fraction of sp³-hybridized carbons (Fsp3) is 0.222. The van der Waals surface area contributed by atoms with E-state index in [1.165, 1.54) is 10.9 Å². The van der Waals surface area contributed by atoms with Crippen molar-refractivity contribution >= 4 is 10.8 Å². The predicted molar refractivity (Wildman–Crippen MR) is 86.1 cm³/mol. The van der Waals surface area contributed by atoms with Crippen LogP contribution in [-0.4, -0.2) is 16.5 Å². The molecular formula is C18H19N3. The van der Waals surface area contributed by atoms with Crippen molar-refractivity contribution in [2.75, 3.05) is 6.54 Å². The number of nitrogens with zero attached hydrogens (tertiary/aromatic N) is 2. The average Bonchev–Trinajstić information content (AvgIpc) is 2.56. The zero-order chi connectivity index (χ0) is 14.5. The maximum Gasteiger partial charge on any atom is 0.0772 e. The molecule has 1 N–H and O–H groups in total. The number of benzene rings is 1. The van der Waals surface area contributed by atoms with Crippen LogP contribution in [0.4, 0.5) is 0 Å². The Balaban J connectivity index is 2.10. The van der Waals surface area contributed by atoms with Crippen molar-refractivity contribution in [1.82, 2.24) is 15.3 Å². The first kappa shape index (κ1) is 13.7. The molecule has 0 aliphatic carbocycles. The molecule has 1 unspecified atom stereocenters. The molecule has 0 saturated heterocycles. The van der Waals surface area contributed by atoms with Crippen molar-refractivity contribution in [3.63, 3.8) is 0 Å². The van der Waals surface area contributed by atoms with E-state index >= 15 is 0 Å². The van der Waals surface area contributed by atoms with Crippen molar-refractivity contribution < 1.29 is 0 Å². The van der Waals surface area contributed by atoms with Gasteiger partial charge in [-0.25, -0.2) is 0 Å². The van der Waals surface area contributed by atoms with Gasteiger partial charge in [-0.3, -0.25) is 9.97 Å². The van der Waals surface area contributed by atoms with Gasteiger partial charge in [0.15, 0.2) is 0 Å². The highest BCUT2D eigenvalue weighted by Crippen LogP contribution is 2.27. The first-order chi connectivity index (χ1) is 10.4. The van der Waals surface area contributed by atoms with Crippen molar-refractivity contribution in [2.45, 2.75) is 19.4 Å². The lowest BCUT2D eigenvalue weighted by Gasteiger charge is -2.20. The van der Waals surface area contributed by atoms with Crippen molar-refractivity contribution in [3.8, 4) is 0 Å². The van der Waals surface area contributed by atoms with Gasteiger partial charge in [-0.15, -0.1) is 0 Å². The molecule has 0 amide bonds. The van der Waals surface area contributed by atoms with Crippen LogP contribution in [0.3, 0.4) is 0 Å². The molecule has 0 aliphatic heterocycles. The van der Waals surface area contributed by atoms with E-state index in [2.05, 4.69) is 46.5 Å². The minimum atomic E-state index is 0.0738. The second-order valence-electron chi connectivity index (χ2n) is 5.09. The molecule has 1 aromatic carbocycles. The Kier molecular flexibility index (Phi) is 4.22. The zero-order valence-corrected chi connectivity index (χ0v) is 12.2. The van der Waals surface area contributed by atoms with Crippen LogP contribution in [0.1, 0.15) is 30.6 Å². The van der Waals surface area contributed by atoms with Gasteiger partial charge in [-0.05, 0) is 30.5 Å². The van der Waals surface area contributed by atoms with E-state index in [4.69, 9.17) is 0 Å². The fourth-order valence-corrected chi connectivity index (χ4v) is 2.58. The smallest absolute Gasteiger partial charge is 0.0772 e. The summed E-state index contributed by atoms with van der Waals surface area (Å²) in [4.78, 5) is 8.92. The highest BCUT2D eigenvalue weighted by atomic mass is 14.9. The summed E-state index contributed by atoms with van der Waals surface area (Å²) >= 11 is 0. The number of hydrogen-bond donors (Lipinski definition) is 1. The van der Waals surface area contributed by atoms with E-state index in [1.807, 2.05) is 36.8 Å². The SMILES string of the molecule is CCCNC(c1ccccn1)c1cncc2ccccc12. The monoisotopic (exact) mass is 277 g/mol. The van der Waals surface area contributed by atoms with E-state index in [-0.39, 0.29) is 6.04 Å². The summed E-state index contributed by atoms with van der Waals surface area (Å²) in [5.41, 5.74) is 2.21. The molecule has 2 aromatic heterocycles. The fourth-order valence-electron chi connectivity index (χ4n) is 2.58. The summed E-state index contributed by atoms with van der Waals surface area (Å²) in [6.45, 7) is 3.12. The number of pyridine rings is 2. The molecule has 0 fully saturated rings. The first-order valence-corrected chi connectivity index (χ1v) is 7.37. The molecule has 0 spiro atoms. The zero-order valence-electron chi connectivity index (χ0n) is 12.2. The van der Waals surface area contributed by atoms with Crippen LogP contribution in [0.5, 0.6) is 0 Å². The second kappa shape index (κ2) is 6.46. The van der Waals surface area contributed by atoms with Gasteiger partial charge in [0, 0.05) is 29.5 Å². The molecule has 3 nitrogen and oxygen atoms in total. The van der Waals surface area contributed by atoms with Crippen molar-refractivity contribution in [2.24, 2.45) is 0 Å². The van der Waals surface area contributed by atoms with Gasteiger partial charge >= 0.3 is 0 Å². The summed E-state index contributed by atoms with van der Waals surface area (Å²) in [5.74, 6) is 0. The molecule has 3 rings (SSSR count). The van der Waals surface area contributed by atoms with Crippen LogP contribution >= 0.6 is 0 Å². The topological polar surface area (TPSA) is 37.8 Å². The summed E-state index contributed by atoms with van der Waals surface area (Å²) in [6.07, 6.45) is 6.79. The maximum atomic E-state index is 4.52. The number of fused-ring (bicyclic) bond motifs is 1. The number of rotatable bonds is 5. The van der Waals surface area contributed by atoms with Crippen molar-refractivity contribution in [1.29, 1.82) is 0 Å². The number of hydrogen-bond acceptors (Lipinski definition) is 3. The molecule has 21 heavy (non-hydrogen) atoms. The van der Waals surface area contributed by atoms with Gasteiger partial charge in [0.25, 0.3) is 0 Å². The molecule has 0 bridgehead atoms. The number of aromatic nitrogens is 2. The lowest BCUT2D eigenvalue weighted by molar-refractivity contribution is 0.588. The Hall–Kier alpha value is -2.26. The minimum absolute atomic E-state index is 0.0738. The van der Waals surface area contributed by atoms with Gasteiger partial charge in [0.05, 0.1) is 11.7 Å². The molecule has 106 valence electrons. The van der Waals surface area contributed by atoms with Gasteiger partial charge in [0.1, 0.15) is 0 Å². The Morgan fingerprint density at radius 1 is 1.05 bits per heavy atom. The van der Waals surface area contributed by atoms with E-state index in [1.54, 1.807) is 0 Å². The van der Waals surface area contributed by atoms with Gasteiger partial charge in [-0.2, -0.15) is 0 Å². The van der Waals surface area contributed by atoms with E-state index in [0.717, 1.165) is 24.0 Å². The normalized spacial score (nSPS) is 12.4. The summed E-state index contributed by atoms with van der Waals surface area (Å²) < 4.78 is 0. The summed E-state index contributed by atoms with van der Waals surface area (Å²) in [5, 5.41) is 5.98. The number of nitrogens with one attached hydrogen (secondary N) is 1. The molecule has 2 heterocycles. The van der Waals surface area contributed by atoms with E-state index in [9.17, 15) is 0 Å². The average molecular weight is 277 g/mol. The predicted octanol–water partition coefficient (Wildman–Crippen LogP) is 3.72. The second-order valence-corrected chi connectivity index (χ2v) is 5.09. The third-order valence-corrected chi connectivity index (χ3v) is 3.59. The quantitative estimate of drug-likeness (QED) is 0.772. The third kappa shape index (κ3) is 2.93. The Labute approximate surface area is 125 Å². The highest BCUT2D eigenvalue weighted by molar-refractivity contribution is 5.85. The van der Waals surface area contributed by atoms with Crippen LogP contribution < -0.4 is 5.32 Å². The standard InChI is InChI=1S/C18H19N3/c1-2-10-21-18(17-9-5-6-11-20-17)16-13-19-12-14-7-3-4-8-15(14)16/h3-9,11-13,18,21H,2,10H2,1H3. The molecule has 1 atom stereocenters. The maximum absolute atomic E-state index is 4.52. The summed E-state index contributed by atoms with van der Waals surface area (Å²) in [7, 11) is 0. The van der Waals surface area contributed by atoms with Crippen LogP contribution in [0.2, 0.25) is 0 Å². The molecule has 3 heteroatoms. The van der Waals surface area contributed by atoms with E-state index < -0.39 is 0 Å². The van der Waals surface area contributed by atoms with Crippen LogP contribution in [0.25, 0.3) is 10.8 Å². The lowest BCUT2D eigenvalue weighted by Crippen LogP contribution is -2.24. The van der Waals surface area contributed by atoms with Crippen LogP contribution in [0, 0.1) is 0 Å². The first-order valence-electron chi connectivity index (χ1n) is 7.37. The van der Waals surface area contributed by atoms with Crippen LogP contribution in [-0.2, 0) is 0 Å². The van der Waals surface area contributed by atoms with E-state index in [0.29, 0.717) is 0 Å². The van der Waals surface area contributed by atoms with Gasteiger partial charge < -0.3 is 5.32 Å². The molecule has 3 aromatic rings. The molecule has 0 aliphatic rings. The molecule has 0 radical (unpaired) electrons. The highest BCUT2D eigenvalue weighted by Gasteiger charge is 2.17. The third-order valence-electron chi connectivity index (χ3n) is 3.59. The van der Waals surface area contributed by atoms with Crippen LogP contribution in [0.15, 0.2) is 61.1 Å². The van der Waals surface area contributed by atoms with Crippen molar-refractivity contribution in [3.05, 3.63) is 72.3 Å². The minimum Gasteiger partial charge on any atom is -0.305 e. The van der Waals surface area contributed by atoms with Gasteiger partial charge in [-0.1, -0.05) is 37.3 Å². The van der Waals surface area contributed by atoms with Gasteiger partial charge in [0.2, 0.25) is 0 Å². The Morgan fingerprint density at radius 2 is 1.90 bits per heavy atom. The largest absolute Gasteiger partial charge is 0.305 e. The Morgan fingerprint density at radius 3 is 2.71 bits per heavy atom. The molecule has 0 saturated carbocycles. The lowest BCUT2D eigenvalue weighted by atomic mass is 9.98. The Bertz CT molecular complexity index is 704. The molecular weight excluding hydrogens is 258 g/mol.